The normalized spacial score (nSPS) is 13.3. The predicted octanol–water partition coefficient (Wildman–Crippen LogP) is 1.08. The molecule has 23 heavy (non-hydrogen) atoms. The second kappa shape index (κ2) is 9.00. The van der Waals surface area contributed by atoms with Gasteiger partial charge in [-0.05, 0) is 39.5 Å². The van der Waals surface area contributed by atoms with Crippen LogP contribution in [0.5, 0.6) is 0 Å². The topological polar surface area (TPSA) is 69.7 Å². The van der Waals surface area contributed by atoms with E-state index in [1.165, 1.54) is 4.31 Å². The Balaban J connectivity index is 2.59. The van der Waals surface area contributed by atoms with Crippen LogP contribution in [-0.4, -0.2) is 63.5 Å². The number of sulfonamides is 1. The van der Waals surface area contributed by atoms with E-state index in [0.717, 1.165) is 18.4 Å². The summed E-state index contributed by atoms with van der Waals surface area (Å²) in [6, 6.07) is 9.41. The molecule has 130 valence electrons. The van der Waals surface area contributed by atoms with E-state index in [0.29, 0.717) is 13.0 Å². The average Bonchev–Trinajstić information content (AvgIpc) is 2.45. The van der Waals surface area contributed by atoms with E-state index in [-0.39, 0.29) is 18.5 Å². The van der Waals surface area contributed by atoms with E-state index in [1.54, 1.807) is 0 Å². The summed E-state index contributed by atoms with van der Waals surface area (Å²) >= 11 is 0. The standard InChI is InChI=1S/C16H27N3O3S/c1-14(15-9-6-5-7-10-15)17-16(20)13-19(23(4,21)22)12-8-11-18(2)3/h5-7,9-10,14H,8,11-13H2,1-4H3,(H,17,20). The maximum absolute atomic E-state index is 12.2. The van der Waals surface area contributed by atoms with E-state index in [4.69, 9.17) is 0 Å². The van der Waals surface area contributed by atoms with Gasteiger partial charge in [0.25, 0.3) is 0 Å². The Bertz CT molecular complexity index is 588. The second-order valence-corrected chi connectivity index (χ2v) is 7.94. The lowest BCUT2D eigenvalue weighted by Gasteiger charge is -2.22. The minimum atomic E-state index is -3.40. The van der Waals surface area contributed by atoms with Gasteiger partial charge in [0.2, 0.25) is 15.9 Å². The maximum atomic E-state index is 12.2. The van der Waals surface area contributed by atoms with Crippen LogP contribution in [0.15, 0.2) is 30.3 Å². The summed E-state index contributed by atoms with van der Waals surface area (Å²) in [4.78, 5) is 14.1. The molecule has 0 aliphatic rings. The van der Waals surface area contributed by atoms with Crippen LogP contribution in [-0.2, 0) is 14.8 Å². The molecule has 0 fully saturated rings. The van der Waals surface area contributed by atoms with Crippen LogP contribution < -0.4 is 5.32 Å². The fourth-order valence-electron chi connectivity index (χ4n) is 2.20. The first-order valence-electron chi connectivity index (χ1n) is 7.64. The van der Waals surface area contributed by atoms with Crippen molar-refractivity contribution in [1.82, 2.24) is 14.5 Å². The summed E-state index contributed by atoms with van der Waals surface area (Å²) in [6.07, 6.45) is 1.82. The molecule has 0 aliphatic heterocycles. The molecule has 1 aromatic rings. The summed E-state index contributed by atoms with van der Waals surface area (Å²) < 4.78 is 24.9. The lowest BCUT2D eigenvalue weighted by atomic mass is 10.1. The van der Waals surface area contributed by atoms with Crippen molar-refractivity contribution in [2.75, 3.05) is 40.0 Å². The molecule has 1 amide bonds. The second-order valence-electron chi connectivity index (χ2n) is 5.95. The first-order valence-corrected chi connectivity index (χ1v) is 9.49. The van der Waals surface area contributed by atoms with Crippen molar-refractivity contribution in [3.63, 3.8) is 0 Å². The van der Waals surface area contributed by atoms with Crippen LogP contribution in [0.1, 0.15) is 24.9 Å². The number of carbonyl (C=O) groups excluding carboxylic acids is 1. The van der Waals surface area contributed by atoms with Gasteiger partial charge in [0, 0.05) is 6.54 Å². The fraction of sp³-hybridized carbons (Fsp3) is 0.562. The Morgan fingerprint density at radius 3 is 2.30 bits per heavy atom. The zero-order valence-corrected chi connectivity index (χ0v) is 15.1. The summed E-state index contributed by atoms with van der Waals surface area (Å²) in [5, 5.41) is 2.84. The molecule has 7 heteroatoms. The first-order chi connectivity index (χ1) is 10.7. The lowest BCUT2D eigenvalue weighted by Crippen LogP contribution is -2.41. The largest absolute Gasteiger partial charge is 0.348 e. The number of benzene rings is 1. The Morgan fingerprint density at radius 1 is 1.17 bits per heavy atom. The van der Waals surface area contributed by atoms with E-state index in [1.807, 2.05) is 56.3 Å². The third-order valence-electron chi connectivity index (χ3n) is 3.48. The van der Waals surface area contributed by atoms with Crippen LogP contribution in [0.25, 0.3) is 0 Å². The van der Waals surface area contributed by atoms with Crippen molar-refractivity contribution in [2.45, 2.75) is 19.4 Å². The molecular formula is C16H27N3O3S. The highest BCUT2D eigenvalue weighted by Crippen LogP contribution is 2.11. The predicted molar refractivity (Wildman–Crippen MR) is 92.6 cm³/mol. The van der Waals surface area contributed by atoms with Crippen molar-refractivity contribution in [2.24, 2.45) is 0 Å². The van der Waals surface area contributed by atoms with Gasteiger partial charge >= 0.3 is 0 Å². The van der Waals surface area contributed by atoms with Crippen LogP contribution in [0.4, 0.5) is 0 Å². The number of nitrogens with zero attached hydrogens (tertiary/aromatic N) is 2. The number of hydrogen-bond acceptors (Lipinski definition) is 4. The molecule has 1 rings (SSSR count). The van der Waals surface area contributed by atoms with E-state index in [2.05, 4.69) is 5.32 Å². The fourth-order valence-corrected chi connectivity index (χ4v) is 3.01. The lowest BCUT2D eigenvalue weighted by molar-refractivity contribution is -0.122. The molecule has 6 nitrogen and oxygen atoms in total. The summed E-state index contributed by atoms with van der Waals surface area (Å²) in [6.45, 7) is 2.84. The summed E-state index contributed by atoms with van der Waals surface area (Å²) in [7, 11) is 0.455. The van der Waals surface area contributed by atoms with Crippen molar-refractivity contribution < 1.29 is 13.2 Å². The SMILES string of the molecule is CC(NC(=O)CN(CCCN(C)C)S(C)(=O)=O)c1ccccc1. The van der Waals surface area contributed by atoms with Crippen molar-refractivity contribution in [3.05, 3.63) is 35.9 Å². The van der Waals surface area contributed by atoms with Gasteiger partial charge in [-0.2, -0.15) is 4.31 Å². The molecule has 0 aromatic heterocycles. The van der Waals surface area contributed by atoms with Gasteiger partial charge in [0.1, 0.15) is 0 Å². The number of carbonyl (C=O) groups is 1. The Kier molecular flexibility index (Phi) is 7.67. The molecule has 0 spiro atoms. The van der Waals surface area contributed by atoms with Crippen LogP contribution in [0, 0.1) is 0 Å². The summed E-state index contributed by atoms with van der Waals surface area (Å²) in [5.41, 5.74) is 0.986. The van der Waals surface area contributed by atoms with Gasteiger partial charge in [-0.25, -0.2) is 8.42 Å². The zero-order valence-electron chi connectivity index (χ0n) is 14.3. The van der Waals surface area contributed by atoms with E-state index in [9.17, 15) is 13.2 Å². The van der Waals surface area contributed by atoms with Gasteiger partial charge in [0.15, 0.2) is 0 Å². The Morgan fingerprint density at radius 2 is 1.78 bits per heavy atom. The first kappa shape index (κ1) is 19.6. The quantitative estimate of drug-likeness (QED) is 0.730. The summed E-state index contributed by atoms with van der Waals surface area (Å²) in [5.74, 6) is -0.295. The molecule has 1 unspecified atom stereocenters. The monoisotopic (exact) mass is 341 g/mol. The van der Waals surface area contributed by atoms with E-state index < -0.39 is 10.0 Å². The minimum Gasteiger partial charge on any atom is -0.348 e. The highest BCUT2D eigenvalue weighted by molar-refractivity contribution is 7.88. The van der Waals surface area contributed by atoms with Crippen molar-refractivity contribution in [3.8, 4) is 0 Å². The third kappa shape index (κ3) is 7.58. The number of nitrogens with one attached hydrogen (secondary N) is 1. The third-order valence-corrected chi connectivity index (χ3v) is 4.73. The molecular weight excluding hydrogens is 314 g/mol. The van der Waals surface area contributed by atoms with Crippen molar-refractivity contribution >= 4 is 15.9 Å². The van der Waals surface area contributed by atoms with E-state index >= 15 is 0 Å². The minimum absolute atomic E-state index is 0.149. The molecule has 1 aromatic carbocycles. The highest BCUT2D eigenvalue weighted by Gasteiger charge is 2.20. The van der Waals surface area contributed by atoms with Gasteiger partial charge in [0.05, 0.1) is 18.8 Å². The highest BCUT2D eigenvalue weighted by atomic mass is 32.2. The smallest absolute Gasteiger partial charge is 0.235 e. The molecule has 0 heterocycles. The van der Waals surface area contributed by atoms with Crippen LogP contribution in [0.3, 0.4) is 0 Å². The van der Waals surface area contributed by atoms with Gasteiger partial charge < -0.3 is 10.2 Å². The van der Waals surface area contributed by atoms with Gasteiger partial charge in [-0.15, -0.1) is 0 Å². The Hall–Kier alpha value is -1.44. The number of amides is 1. The van der Waals surface area contributed by atoms with Crippen LogP contribution >= 0.6 is 0 Å². The zero-order chi connectivity index (χ0) is 17.5. The molecule has 0 saturated heterocycles. The van der Waals surface area contributed by atoms with Crippen molar-refractivity contribution in [1.29, 1.82) is 0 Å². The Labute approximate surface area is 139 Å². The molecule has 0 aliphatic carbocycles. The number of hydrogen-bond donors (Lipinski definition) is 1. The number of rotatable bonds is 9. The molecule has 1 atom stereocenters. The molecule has 0 saturated carbocycles. The molecule has 0 bridgehead atoms. The van der Waals surface area contributed by atoms with Gasteiger partial charge in [-0.3, -0.25) is 4.79 Å². The maximum Gasteiger partial charge on any atom is 0.235 e. The molecule has 0 radical (unpaired) electrons. The van der Waals surface area contributed by atoms with Gasteiger partial charge in [-0.1, -0.05) is 30.3 Å². The van der Waals surface area contributed by atoms with Crippen LogP contribution in [0.2, 0.25) is 0 Å². The molecule has 1 N–H and O–H groups in total. The average molecular weight is 341 g/mol.